The summed E-state index contributed by atoms with van der Waals surface area (Å²) in [6.07, 6.45) is 9.24. The number of amides is 1. The van der Waals surface area contributed by atoms with Crippen LogP contribution >= 0.6 is 11.6 Å². The monoisotopic (exact) mass is 458 g/mol. The van der Waals surface area contributed by atoms with Crippen molar-refractivity contribution in [1.29, 1.82) is 0 Å². The lowest BCUT2D eigenvalue weighted by Crippen LogP contribution is -2.46. The van der Waals surface area contributed by atoms with Gasteiger partial charge in [-0.05, 0) is 51.4 Å². The van der Waals surface area contributed by atoms with Crippen LogP contribution in [0.25, 0.3) is 5.65 Å². The summed E-state index contributed by atoms with van der Waals surface area (Å²) in [6.45, 7) is 6.82. The Kier molecular flexibility index (Phi) is 6.05. The number of alkyl halides is 1. The fourth-order valence-corrected chi connectivity index (χ4v) is 6.19. The highest BCUT2D eigenvalue weighted by Crippen LogP contribution is 2.38. The van der Waals surface area contributed by atoms with Crippen molar-refractivity contribution in [2.24, 2.45) is 17.6 Å². The van der Waals surface area contributed by atoms with E-state index >= 15 is 0 Å². The maximum atomic E-state index is 13.6. The SMILES string of the molecule is Cc1cn2nc([C@@H]3CCCCN3C(=O)C3CCCC(C)C3Cl)cc2nc1N1CC[C@H](N)C1. The molecule has 0 radical (unpaired) electrons. The maximum absolute atomic E-state index is 13.6. The van der Waals surface area contributed by atoms with Gasteiger partial charge >= 0.3 is 0 Å². The van der Waals surface area contributed by atoms with Gasteiger partial charge in [0.25, 0.3) is 0 Å². The van der Waals surface area contributed by atoms with E-state index in [4.69, 9.17) is 27.4 Å². The first-order chi connectivity index (χ1) is 15.4. The first-order valence-corrected chi connectivity index (χ1v) is 12.7. The Balaban J connectivity index is 1.43. The minimum Gasteiger partial charge on any atom is -0.355 e. The molecule has 8 heteroatoms. The van der Waals surface area contributed by atoms with E-state index in [1.165, 1.54) is 0 Å². The van der Waals surface area contributed by atoms with Crippen LogP contribution in [0.1, 0.15) is 69.2 Å². The summed E-state index contributed by atoms with van der Waals surface area (Å²) in [6, 6.07) is 2.28. The molecule has 2 aromatic heterocycles. The number of halogens is 1. The molecule has 7 nitrogen and oxygen atoms in total. The Labute approximate surface area is 195 Å². The number of aromatic nitrogens is 3. The molecular formula is C24H35ClN6O. The van der Waals surface area contributed by atoms with Crippen LogP contribution < -0.4 is 10.6 Å². The van der Waals surface area contributed by atoms with Crippen molar-refractivity contribution < 1.29 is 4.79 Å². The minimum absolute atomic E-state index is 0.00279. The van der Waals surface area contributed by atoms with Crippen molar-refractivity contribution in [3.8, 4) is 0 Å². The Morgan fingerprint density at radius 1 is 1.16 bits per heavy atom. The van der Waals surface area contributed by atoms with Gasteiger partial charge in [0.15, 0.2) is 5.65 Å². The van der Waals surface area contributed by atoms with Crippen LogP contribution in [0.15, 0.2) is 12.3 Å². The Hall–Kier alpha value is -1.86. The van der Waals surface area contributed by atoms with Crippen LogP contribution in [0.2, 0.25) is 0 Å². The second-order valence-electron chi connectivity index (χ2n) is 10.1. The third kappa shape index (κ3) is 3.98. The van der Waals surface area contributed by atoms with Crippen molar-refractivity contribution in [3.05, 3.63) is 23.5 Å². The molecule has 2 aromatic rings. The predicted octanol–water partition coefficient (Wildman–Crippen LogP) is 3.67. The molecule has 4 heterocycles. The number of aryl methyl sites for hydroxylation is 1. The molecule has 0 spiro atoms. The summed E-state index contributed by atoms with van der Waals surface area (Å²) < 4.78 is 1.87. The minimum atomic E-state index is -0.0793. The molecule has 0 bridgehead atoms. The quantitative estimate of drug-likeness (QED) is 0.710. The molecule has 1 aliphatic carbocycles. The Morgan fingerprint density at radius 3 is 2.78 bits per heavy atom. The fourth-order valence-electron chi connectivity index (χ4n) is 5.83. The van der Waals surface area contributed by atoms with E-state index in [1.807, 2.05) is 4.52 Å². The average molecular weight is 459 g/mol. The number of hydrogen-bond donors (Lipinski definition) is 1. The van der Waals surface area contributed by atoms with Crippen molar-refractivity contribution in [1.82, 2.24) is 19.5 Å². The highest BCUT2D eigenvalue weighted by molar-refractivity contribution is 6.22. The summed E-state index contributed by atoms with van der Waals surface area (Å²) in [5.41, 5.74) is 8.99. The zero-order chi connectivity index (χ0) is 22.4. The normalized spacial score (nSPS) is 31.4. The van der Waals surface area contributed by atoms with Crippen LogP contribution in [0, 0.1) is 18.8 Å². The zero-order valence-corrected chi connectivity index (χ0v) is 20.0. The van der Waals surface area contributed by atoms with Crippen LogP contribution in [0.5, 0.6) is 0 Å². The van der Waals surface area contributed by atoms with Crippen LogP contribution in [0.3, 0.4) is 0 Å². The number of piperidine rings is 1. The van der Waals surface area contributed by atoms with Gasteiger partial charge in [0.2, 0.25) is 5.91 Å². The molecule has 3 unspecified atom stereocenters. The van der Waals surface area contributed by atoms with Crippen molar-refractivity contribution in [3.63, 3.8) is 0 Å². The van der Waals surface area contributed by atoms with E-state index in [9.17, 15) is 4.79 Å². The molecule has 174 valence electrons. The van der Waals surface area contributed by atoms with E-state index in [0.29, 0.717) is 5.92 Å². The highest BCUT2D eigenvalue weighted by Gasteiger charge is 2.40. The number of hydrogen-bond acceptors (Lipinski definition) is 5. The fraction of sp³-hybridized carbons (Fsp3) is 0.708. The Morgan fingerprint density at radius 2 is 2.00 bits per heavy atom. The number of likely N-dealkylation sites (tertiary alicyclic amines) is 1. The molecule has 0 aromatic carbocycles. The summed E-state index contributed by atoms with van der Waals surface area (Å²) >= 11 is 6.72. The first kappa shape index (κ1) is 22.0. The average Bonchev–Trinajstić information content (AvgIpc) is 3.40. The molecule has 5 atom stereocenters. The largest absolute Gasteiger partial charge is 0.355 e. The van der Waals surface area contributed by atoms with Gasteiger partial charge in [-0.2, -0.15) is 5.10 Å². The molecule has 3 fully saturated rings. The third-order valence-corrected chi connectivity index (χ3v) is 8.43. The third-order valence-electron chi connectivity index (χ3n) is 7.70. The number of carbonyl (C=O) groups excluding carboxylic acids is 1. The van der Waals surface area contributed by atoms with Crippen molar-refractivity contribution >= 4 is 29.0 Å². The predicted molar refractivity (Wildman–Crippen MR) is 127 cm³/mol. The number of nitrogens with two attached hydrogens (primary N) is 1. The van der Waals surface area contributed by atoms with Crippen molar-refractivity contribution in [2.45, 2.75) is 76.3 Å². The van der Waals surface area contributed by atoms with Crippen LogP contribution in [-0.4, -0.2) is 56.5 Å². The van der Waals surface area contributed by atoms with E-state index < -0.39 is 0 Å². The first-order valence-electron chi connectivity index (χ1n) is 12.2. The van der Waals surface area contributed by atoms with Gasteiger partial charge in [0.05, 0.1) is 17.7 Å². The summed E-state index contributed by atoms with van der Waals surface area (Å²) in [5.74, 6) is 1.52. The second kappa shape index (κ2) is 8.82. The lowest BCUT2D eigenvalue weighted by molar-refractivity contribution is -0.141. The molecule has 2 saturated heterocycles. The van der Waals surface area contributed by atoms with Gasteiger partial charge in [-0.15, -0.1) is 11.6 Å². The summed E-state index contributed by atoms with van der Waals surface area (Å²) in [7, 11) is 0. The lowest BCUT2D eigenvalue weighted by atomic mass is 9.80. The maximum Gasteiger partial charge on any atom is 0.227 e. The number of rotatable bonds is 3. The van der Waals surface area contributed by atoms with Crippen LogP contribution in [-0.2, 0) is 4.79 Å². The number of fused-ring (bicyclic) bond motifs is 1. The molecular weight excluding hydrogens is 424 g/mol. The topological polar surface area (TPSA) is 79.8 Å². The highest BCUT2D eigenvalue weighted by atomic mass is 35.5. The van der Waals surface area contributed by atoms with E-state index in [1.54, 1.807) is 0 Å². The number of anilines is 1. The van der Waals surface area contributed by atoms with Gasteiger partial charge < -0.3 is 15.5 Å². The molecule has 2 N–H and O–H groups in total. The molecule has 5 rings (SSSR count). The zero-order valence-electron chi connectivity index (χ0n) is 19.2. The summed E-state index contributed by atoms with van der Waals surface area (Å²) in [5, 5.41) is 4.80. The molecule has 1 saturated carbocycles. The Bertz CT molecular complexity index is 992. The van der Waals surface area contributed by atoms with Gasteiger partial charge in [-0.1, -0.05) is 13.3 Å². The number of carbonyl (C=O) groups is 1. The van der Waals surface area contributed by atoms with Gasteiger partial charge in [-0.3, -0.25) is 4.79 Å². The van der Waals surface area contributed by atoms with E-state index in [0.717, 1.165) is 87.3 Å². The van der Waals surface area contributed by atoms with E-state index in [-0.39, 0.29) is 29.3 Å². The number of nitrogens with zero attached hydrogens (tertiary/aromatic N) is 5. The van der Waals surface area contributed by atoms with Crippen molar-refractivity contribution in [2.75, 3.05) is 24.5 Å². The van der Waals surface area contributed by atoms with Crippen LogP contribution in [0.4, 0.5) is 5.82 Å². The molecule has 3 aliphatic rings. The molecule has 2 aliphatic heterocycles. The summed E-state index contributed by atoms with van der Waals surface area (Å²) in [4.78, 5) is 22.9. The van der Waals surface area contributed by atoms with Gasteiger partial charge in [-0.25, -0.2) is 9.50 Å². The van der Waals surface area contributed by atoms with Gasteiger partial charge in [0.1, 0.15) is 5.82 Å². The lowest BCUT2D eigenvalue weighted by Gasteiger charge is -2.40. The molecule has 1 amide bonds. The van der Waals surface area contributed by atoms with Gasteiger partial charge in [0, 0.05) is 48.9 Å². The van der Waals surface area contributed by atoms with E-state index in [2.05, 4.69) is 35.9 Å². The standard InChI is InChI=1S/C24H35ClN6O/c1-15-6-5-7-18(22(15)25)24(32)30-10-4-3-8-20(30)19-12-21-27-23(16(2)13-31(21)28-19)29-11-9-17(26)14-29/h12-13,15,17-18,20,22H,3-11,14,26H2,1-2H3/t15?,17-,18?,20-,22?/m0/s1. The smallest absolute Gasteiger partial charge is 0.227 e. The second-order valence-corrected chi connectivity index (χ2v) is 10.6. The molecule has 32 heavy (non-hydrogen) atoms.